The van der Waals surface area contributed by atoms with Gasteiger partial charge in [-0.25, -0.2) is 0 Å². The van der Waals surface area contributed by atoms with Crippen LogP contribution in [0.15, 0.2) is 82.1 Å². The molecular formula is C22H16Cl2N3S. The highest BCUT2D eigenvalue weighted by Crippen LogP contribution is 2.36. The number of hydrogen-bond acceptors (Lipinski definition) is 3. The fraction of sp³-hybridized carbons (Fsp3) is 0.0909. The van der Waals surface area contributed by atoms with Gasteiger partial charge in [-0.15, -0.1) is 11.4 Å². The summed E-state index contributed by atoms with van der Waals surface area (Å²) >= 11 is 13.9. The summed E-state index contributed by atoms with van der Waals surface area (Å²) in [6.45, 7) is 4.02. The van der Waals surface area contributed by atoms with Crippen molar-refractivity contribution >= 4 is 50.9 Å². The predicted molar refractivity (Wildman–Crippen MR) is 120 cm³/mol. The van der Waals surface area contributed by atoms with Crippen LogP contribution in [0, 0.1) is 11.3 Å². The van der Waals surface area contributed by atoms with Gasteiger partial charge in [-0.05, 0) is 61.9 Å². The Morgan fingerprint density at radius 1 is 1.04 bits per heavy atom. The van der Waals surface area contributed by atoms with Crippen LogP contribution in [0.3, 0.4) is 0 Å². The molecule has 4 rings (SSSR count). The standard InChI is InChI=1S/C22H16Cl2N3S/c1-13-7-15(8-14(2)27(13)18-10-16(23)9-17(24)11-18)19(12-25)22-26-20-5-3-4-6-21(20)28-22/h3-11,26H,1-2H3. The number of fused-ring (bicyclic) bond motifs is 1. The Hall–Kier alpha value is -2.58. The van der Waals surface area contributed by atoms with Gasteiger partial charge in [0, 0.05) is 27.1 Å². The molecule has 2 aromatic carbocycles. The molecular weight excluding hydrogens is 409 g/mol. The Morgan fingerprint density at radius 2 is 1.68 bits per heavy atom. The summed E-state index contributed by atoms with van der Waals surface area (Å²) in [7, 11) is 0. The van der Waals surface area contributed by atoms with Crippen molar-refractivity contribution in [1.82, 2.24) is 0 Å². The van der Waals surface area contributed by atoms with Gasteiger partial charge in [0.25, 0.3) is 0 Å². The smallest absolute Gasteiger partial charge is 0.112 e. The minimum absolute atomic E-state index is 0.585. The van der Waals surface area contributed by atoms with Crippen molar-refractivity contribution in [1.29, 1.82) is 5.26 Å². The van der Waals surface area contributed by atoms with Crippen LogP contribution in [0.1, 0.15) is 13.8 Å². The highest BCUT2D eigenvalue weighted by atomic mass is 35.5. The molecule has 0 fully saturated rings. The molecule has 2 heterocycles. The highest BCUT2D eigenvalue weighted by molar-refractivity contribution is 8.00. The molecule has 6 heteroatoms. The van der Waals surface area contributed by atoms with Crippen LogP contribution in [0.25, 0.3) is 0 Å². The third-order valence-electron chi connectivity index (χ3n) is 4.51. The number of para-hydroxylation sites is 1. The van der Waals surface area contributed by atoms with Crippen LogP contribution < -0.4 is 10.2 Å². The number of anilines is 2. The van der Waals surface area contributed by atoms with Gasteiger partial charge in [-0.2, -0.15) is 5.26 Å². The first kappa shape index (κ1) is 18.8. The van der Waals surface area contributed by atoms with Gasteiger partial charge >= 0.3 is 0 Å². The third-order valence-corrected chi connectivity index (χ3v) is 6.04. The SMILES string of the molecule is CC1=CC(=C(C#N)C2=[S]c3ccccc3N2)C=C(C)N1c1cc(Cl)cc(Cl)c1. The van der Waals surface area contributed by atoms with E-state index in [0.29, 0.717) is 15.6 Å². The maximum atomic E-state index is 9.86. The van der Waals surface area contributed by atoms with Crippen molar-refractivity contribution in [3.8, 4) is 6.07 Å². The average molecular weight is 425 g/mol. The second-order valence-corrected chi connectivity index (χ2v) is 8.45. The topological polar surface area (TPSA) is 39.1 Å². The molecule has 0 saturated heterocycles. The molecule has 1 N–H and O–H groups in total. The summed E-state index contributed by atoms with van der Waals surface area (Å²) in [6.07, 6.45) is 4.02. The van der Waals surface area contributed by atoms with Gasteiger partial charge in [0.2, 0.25) is 0 Å². The number of halogens is 2. The number of nitriles is 1. The lowest BCUT2D eigenvalue weighted by atomic mass is 10.0. The van der Waals surface area contributed by atoms with Crippen LogP contribution in [0.5, 0.6) is 0 Å². The van der Waals surface area contributed by atoms with Crippen LogP contribution in [-0.2, 0) is 0 Å². The number of hydrogen-bond donors (Lipinski definition) is 1. The van der Waals surface area contributed by atoms with Crippen molar-refractivity contribution in [3.63, 3.8) is 0 Å². The third kappa shape index (κ3) is 3.45. The second kappa shape index (κ2) is 7.44. The molecule has 0 amide bonds. The zero-order valence-corrected chi connectivity index (χ0v) is 17.6. The van der Waals surface area contributed by atoms with Crippen molar-refractivity contribution in [2.45, 2.75) is 18.7 Å². The minimum atomic E-state index is 0.585. The Labute approximate surface area is 178 Å². The fourth-order valence-corrected chi connectivity index (χ4v) is 4.93. The van der Waals surface area contributed by atoms with Gasteiger partial charge in [-0.1, -0.05) is 35.3 Å². The molecule has 2 aromatic rings. The molecule has 0 unspecified atom stereocenters. The van der Waals surface area contributed by atoms with Gasteiger partial charge in [0.1, 0.15) is 11.1 Å². The van der Waals surface area contributed by atoms with E-state index in [1.807, 2.05) is 62.4 Å². The summed E-state index contributed by atoms with van der Waals surface area (Å²) in [4.78, 5) is 4.05. The van der Waals surface area contributed by atoms with E-state index in [2.05, 4.69) is 16.3 Å². The van der Waals surface area contributed by atoms with E-state index in [4.69, 9.17) is 23.2 Å². The van der Waals surface area contributed by atoms with Crippen LogP contribution in [-0.4, -0.2) is 4.99 Å². The quantitative estimate of drug-likeness (QED) is 0.327. The van der Waals surface area contributed by atoms with E-state index >= 15 is 0 Å². The van der Waals surface area contributed by atoms with Crippen molar-refractivity contribution in [2.75, 3.05) is 10.2 Å². The fourth-order valence-electron chi connectivity index (χ4n) is 3.40. The first-order valence-electron chi connectivity index (χ1n) is 8.64. The van der Waals surface area contributed by atoms with Gasteiger partial charge < -0.3 is 10.2 Å². The Balaban J connectivity index is 1.75. The summed E-state index contributed by atoms with van der Waals surface area (Å²) in [5.74, 6) is 0. The Morgan fingerprint density at radius 3 is 2.29 bits per heavy atom. The molecule has 28 heavy (non-hydrogen) atoms. The number of nitrogens with zero attached hydrogens (tertiary/aromatic N) is 2. The predicted octanol–water partition coefficient (Wildman–Crippen LogP) is 6.79. The van der Waals surface area contributed by atoms with Crippen molar-refractivity contribution < 1.29 is 0 Å². The zero-order valence-electron chi connectivity index (χ0n) is 15.3. The summed E-state index contributed by atoms with van der Waals surface area (Å²) in [5.41, 5.74) is 5.41. The molecule has 1 radical (unpaired) electrons. The molecule has 0 bridgehead atoms. The first-order valence-corrected chi connectivity index (χ1v) is 10.2. The Bertz CT molecular complexity index is 1110. The maximum absolute atomic E-state index is 9.86. The second-order valence-electron chi connectivity index (χ2n) is 6.53. The lowest BCUT2D eigenvalue weighted by Gasteiger charge is -2.30. The zero-order chi connectivity index (χ0) is 19.8. The molecule has 3 nitrogen and oxygen atoms in total. The first-order chi connectivity index (χ1) is 13.5. The van der Waals surface area contributed by atoms with E-state index in [0.717, 1.165) is 38.2 Å². The maximum Gasteiger partial charge on any atom is 0.112 e. The molecule has 139 valence electrons. The summed E-state index contributed by atoms with van der Waals surface area (Å²) < 4.78 is 0. The molecule has 2 aliphatic heterocycles. The molecule has 0 aliphatic carbocycles. The summed E-state index contributed by atoms with van der Waals surface area (Å²) in [6, 6.07) is 15.9. The monoisotopic (exact) mass is 424 g/mol. The van der Waals surface area contributed by atoms with E-state index in [1.165, 1.54) is 0 Å². The number of allylic oxidation sites excluding steroid dienone is 5. The molecule has 0 saturated carbocycles. The van der Waals surface area contributed by atoms with Crippen molar-refractivity contribution in [2.24, 2.45) is 0 Å². The average Bonchev–Trinajstić information content (AvgIpc) is 3.04. The van der Waals surface area contributed by atoms with E-state index < -0.39 is 0 Å². The number of benzene rings is 2. The van der Waals surface area contributed by atoms with Gasteiger partial charge in [0.05, 0.1) is 16.2 Å². The number of rotatable bonds is 2. The largest absolute Gasteiger partial charge is 0.345 e. The molecule has 0 atom stereocenters. The molecule has 0 aromatic heterocycles. The normalized spacial score (nSPS) is 15.2. The van der Waals surface area contributed by atoms with Crippen molar-refractivity contribution in [3.05, 3.63) is 87.2 Å². The van der Waals surface area contributed by atoms with Crippen LogP contribution >= 0.6 is 34.6 Å². The lowest BCUT2D eigenvalue weighted by molar-refractivity contribution is 1.04. The van der Waals surface area contributed by atoms with Gasteiger partial charge in [-0.3, -0.25) is 0 Å². The van der Waals surface area contributed by atoms with E-state index in [-0.39, 0.29) is 0 Å². The minimum Gasteiger partial charge on any atom is -0.345 e. The Kier molecular flexibility index (Phi) is 4.99. The van der Waals surface area contributed by atoms with Crippen LogP contribution in [0.4, 0.5) is 11.4 Å². The van der Waals surface area contributed by atoms with E-state index in [1.54, 1.807) is 17.4 Å². The highest BCUT2D eigenvalue weighted by Gasteiger charge is 2.22. The lowest BCUT2D eigenvalue weighted by Crippen LogP contribution is -2.22. The van der Waals surface area contributed by atoms with Gasteiger partial charge in [0.15, 0.2) is 0 Å². The molecule has 0 spiro atoms. The summed E-state index contributed by atoms with van der Waals surface area (Å²) in [5, 5.41) is 14.4. The molecule has 2 aliphatic rings. The van der Waals surface area contributed by atoms with E-state index in [9.17, 15) is 5.26 Å². The number of nitrogens with one attached hydrogen (secondary N) is 1. The van der Waals surface area contributed by atoms with Crippen LogP contribution in [0.2, 0.25) is 10.0 Å².